The molecule has 0 bridgehead atoms. The van der Waals surface area contributed by atoms with Crippen LogP contribution in [0.25, 0.3) is 0 Å². The molecule has 0 saturated carbocycles. The first-order valence-corrected chi connectivity index (χ1v) is 5.10. The molecule has 0 amide bonds. The van der Waals surface area contributed by atoms with Crippen LogP contribution < -0.4 is 4.74 Å². The van der Waals surface area contributed by atoms with E-state index in [4.69, 9.17) is 21.4 Å². The number of hydrogen-bond donors (Lipinski definition) is 1. The third-order valence-electron chi connectivity index (χ3n) is 2.68. The summed E-state index contributed by atoms with van der Waals surface area (Å²) >= 11 is 5.84. The van der Waals surface area contributed by atoms with Crippen molar-refractivity contribution in [2.45, 2.75) is 25.4 Å². The van der Waals surface area contributed by atoms with E-state index in [1.165, 1.54) is 0 Å². The Morgan fingerprint density at radius 3 is 3.00 bits per heavy atom. The van der Waals surface area contributed by atoms with Gasteiger partial charge in [0.1, 0.15) is 5.75 Å². The second-order valence-corrected chi connectivity index (χ2v) is 4.33. The molecule has 1 N–H and O–H groups in total. The van der Waals surface area contributed by atoms with Crippen molar-refractivity contribution in [2.24, 2.45) is 0 Å². The van der Waals surface area contributed by atoms with Gasteiger partial charge in [0.15, 0.2) is 0 Å². The molecule has 0 fully saturated rings. The molecule has 80 valence electrons. The summed E-state index contributed by atoms with van der Waals surface area (Å²) in [5, 5.41) is 9.68. The van der Waals surface area contributed by atoms with Gasteiger partial charge in [0.25, 0.3) is 0 Å². The molecule has 1 aromatic rings. The third-order valence-corrected chi connectivity index (χ3v) is 2.92. The number of aryl methyl sites for hydroxylation is 1. The molecule has 2 rings (SSSR count). The highest BCUT2D eigenvalue weighted by atomic mass is 35.5. The molecular formula is C11H11ClO3. The topological polar surface area (TPSA) is 46.5 Å². The Kier molecular flexibility index (Phi) is 2.35. The Labute approximate surface area is 92.6 Å². The fourth-order valence-electron chi connectivity index (χ4n) is 1.66. The van der Waals surface area contributed by atoms with E-state index in [1.54, 1.807) is 19.1 Å². The van der Waals surface area contributed by atoms with Crippen molar-refractivity contribution in [3.63, 3.8) is 0 Å². The number of fused-ring (bicyclic) bond motifs is 1. The highest BCUT2D eigenvalue weighted by molar-refractivity contribution is 6.30. The maximum Gasteiger partial charge on any atom is 0.347 e. The van der Waals surface area contributed by atoms with Crippen LogP contribution in [0.1, 0.15) is 18.9 Å². The zero-order valence-electron chi connectivity index (χ0n) is 8.29. The second kappa shape index (κ2) is 3.42. The summed E-state index contributed by atoms with van der Waals surface area (Å²) < 4.78 is 5.48. The maximum atomic E-state index is 11.0. The van der Waals surface area contributed by atoms with Gasteiger partial charge in [-0.15, -0.1) is 0 Å². The van der Waals surface area contributed by atoms with Gasteiger partial charge in [-0.3, -0.25) is 0 Å². The van der Waals surface area contributed by atoms with Gasteiger partial charge < -0.3 is 9.84 Å². The fraction of sp³-hybridized carbons (Fsp3) is 0.364. The van der Waals surface area contributed by atoms with Gasteiger partial charge in [0.05, 0.1) is 0 Å². The Morgan fingerprint density at radius 2 is 2.33 bits per heavy atom. The van der Waals surface area contributed by atoms with Crippen LogP contribution in [-0.2, 0) is 11.2 Å². The third kappa shape index (κ3) is 1.79. The Bertz CT molecular complexity index is 416. The van der Waals surface area contributed by atoms with Crippen LogP contribution in [0, 0.1) is 0 Å². The molecule has 0 radical (unpaired) electrons. The van der Waals surface area contributed by atoms with Crippen molar-refractivity contribution in [3.05, 3.63) is 28.8 Å². The molecule has 1 aromatic carbocycles. The molecular weight excluding hydrogens is 216 g/mol. The molecule has 0 unspecified atom stereocenters. The predicted molar refractivity (Wildman–Crippen MR) is 56.4 cm³/mol. The SMILES string of the molecule is C[C@]1(C(=O)O)CCc2cc(Cl)ccc2O1. The van der Waals surface area contributed by atoms with Crippen molar-refractivity contribution in [1.82, 2.24) is 0 Å². The van der Waals surface area contributed by atoms with E-state index in [9.17, 15) is 4.79 Å². The minimum Gasteiger partial charge on any atom is -0.478 e. The van der Waals surface area contributed by atoms with Crippen LogP contribution in [0.5, 0.6) is 5.75 Å². The molecule has 1 aliphatic heterocycles. The van der Waals surface area contributed by atoms with E-state index < -0.39 is 11.6 Å². The molecule has 1 atom stereocenters. The van der Waals surface area contributed by atoms with Crippen molar-refractivity contribution in [2.75, 3.05) is 0 Å². The number of rotatable bonds is 1. The van der Waals surface area contributed by atoms with E-state index in [2.05, 4.69) is 0 Å². The second-order valence-electron chi connectivity index (χ2n) is 3.89. The zero-order valence-corrected chi connectivity index (χ0v) is 9.04. The van der Waals surface area contributed by atoms with Gasteiger partial charge in [0.2, 0.25) is 5.60 Å². The quantitative estimate of drug-likeness (QED) is 0.801. The summed E-state index contributed by atoms with van der Waals surface area (Å²) in [6.07, 6.45) is 1.15. The van der Waals surface area contributed by atoms with Gasteiger partial charge in [-0.05, 0) is 37.1 Å². The maximum absolute atomic E-state index is 11.0. The van der Waals surface area contributed by atoms with Gasteiger partial charge >= 0.3 is 5.97 Å². The van der Waals surface area contributed by atoms with E-state index in [1.807, 2.05) is 6.07 Å². The molecule has 3 nitrogen and oxygen atoms in total. The van der Waals surface area contributed by atoms with E-state index in [-0.39, 0.29) is 0 Å². The van der Waals surface area contributed by atoms with Crippen molar-refractivity contribution < 1.29 is 14.6 Å². The number of hydrogen-bond acceptors (Lipinski definition) is 2. The lowest BCUT2D eigenvalue weighted by molar-refractivity contribution is -0.155. The van der Waals surface area contributed by atoms with Crippen LogP contribution in [0.15, 0.2) is 18.2 Å². The molecule has 0 aromatic heterocycles. The number of carboxylic acids is 1. The first kappa shape index (κ1) is 10.3. The lowest BCUT2D eigenvalue weighted by Crippen LogP contribution is -2.44. The summed E-state index contributed by atoms with van der Waals surface area (Å²) in [6, 6.07) is 5.24. The molecule has 1 aliphatic rings. The van der Waals surface area contributed by atoms with Gasteiger partial charge in [0, 0.05) is 11.4 Å². The smallest absolute Gasteiger partial charge is 0.347 e. The minimum absolute atomic E-state index is 0.468. The summed E-state index contributed by atoms with van der Waals surface area (Å²) in [4.78, 5) is 11.0. The summed E-state index contributed by atoms with van der Waals surface area (Å²) in [5.41, 5.74) is -0.137. The standard InChI is InChI=1S/C11H11ClO3/c1-11(10(13)14)5-4-7-6-8(12)2-3-9(7)15-11/h2-3,6H,4-5H2,1H3,(H,13,14)/t11-/m1/s1. The Hall–Kier alpha value is -1.22. The van der Waals surface area contributed by atoms with E-state index >= 15 is 0 Å². The number of aliphatic carboxylic acids is 1. The number of halogens is 1. The van der Waals surface area contributed by atoms with Gasteiger partial charge in [-0.2, -0.15) is 0 Å². The normalized spacial score (nSPS) is 24.1. The fourth-order valence-corrected chi connectivity index (χ4v) is 1.86. The van der Waals surface area contributed by atoms with Crippen molar-refractivity contribution in [1.29, 1.82) is 0 Å². The largest absolute Gasteiger partial charge is 0.478 e. The van der Waals surface area contributed by atoms with Crippen molar-refractivity contribution >= 4 is 17.6 Å². The van der Waals surface area contributed by atoms with Crippen LogP contribution in [0.3, 0.4) is 0 Å². The number of carboxylic acid groups (broad SMARTS) is 1. The first-order valence-electron chi connectivity index (χ1n) is 4.72. The first-order chi connectivity index (χ1) is 7.01. The molecule has 15 heavy (non-hydrogen) atoms. The lowest BCUT2D eigenvalue weighted by Gasteiger charge is -2.32. The van der Waals surface area contributed by atoms with Crippen LogP contribution in [0.4, 0.5) is 0 Å². The monoisotopic (exact) mass is 226 g/mol. The Balaban J connectivity index is 2.35. The molecule has 0 spiro atoms. The molecule has 0 saturated heterocycles. The zero-order chi connectivity index (χ0) is 11.1. The Morgan fingerprint density at radius 1 is 1.60 bits per heavy atom. The summed E-state index contributed by atoms with van der Waals surface area (Å²) in [6.45, 7) is 1.59. The minimum atomic E-state index is -1.11. The van der Waals surface area contributed by atoms with E-state index in [0.29, 0.717) is 23.6 Å². The van der Waals surface area contributed by atoms with Crippen LogP contribution in [-0.4, -0.2) is 16.7 Å². The summed E-state index contributed by atoms with van der Waals surface area (Å²) in [7, 11) is 0. The number of ether oxygens (including phenoxy) is 1. The van der Waals surface area contributed by atoms with E-state index in [0.717, 1.165) is 5.56 Å². The predicted octanol–water partition coefficient (Wildman–Crippen LogP) is 2.51. The lowest BCUT2D eigenvalue weighted by atomic mass is 9.93. The van der Waals surface area contributed by atoms with Gasteiger partial charge in [-0.25, -0.2) is 4.79 Å². The number of carbonyl (C=O) groups is 1. The highest BCUT2D eigenvalue weighted by Gasteiger charge is 2.38. The van der Waals surface area contributed by atoms with Gasteiger partial charge in [-0.1, -0.05) is 11.6 Å². The van der Waals surface area contributed by atoms with Crippen LogP contribution >= 0.6 is 11.6 Å². The average Bonchev–Trinajstić information content (AvgIpc) is 2.18. The summed E-state index contributed by atoms with van der Waals surface area (Å²) in [5.74, 6) is -0.307. The molecule has 1 heterocycles. The molecule has 0 aliphatic carbocycles. The number of benzene rings is 1. The van der Waals surface area contributed by atoms with Crippen LogP contribution in [0.2, 0.25) is 5.02 Å². The molecule has 4 heteroatoms. The van der Waals surface area contributed by atoms with Crippen molar-refractivity contribution in [3.8, 4) is 5.75 Å². The highest BCUT2D eigenvalue weighted by Crippen LogP contribution is 2.34. The average molecular weight is 227 g/mol.